The molecule has 0 radical (unpaired) electrons. The fourth-order valence-electron chi connectivity index (χ4n) is 1.85. The predicted octanol–water partition coefficient (Wildman–Crippen LogP) is 1.09. The Bertz CT molecular complexity index is 328. The standard InChI is InChI=1S/C11H15N3S/c12-8-10-9-13-4-6-14(10)5-3-11-2-1-7-15-11/h1-2,7,10,13H,3-6,9H2. The molecule has 2 rings (SSSR count). The minimum atomic E-state index is 0.0544. The highest BCUT2D eigenvalue weighted by molar-refractivity contribution is 7.09. The lowest BCUT2D eigenvalue weighted by atomic mass is 10.2. The third-order valence-corrected chi connectivity index (χ3v) is 3.66. The van der Waals surface area contributed by atoms with Crippen molar-refractivity contribution < 1.29 is 0 Å². The fraction of sp³-hybridized carbons (Fsp3) is 0.545. The summed E-state index contributed by atoms with van der Waals surface area (Å²) < 4.78 is 0. The van der Waals surface area contributed by atoms with Crippen LogP contribution in [0.4, 0.5) is 0 Å². The zero-order chi connectivity index (χ0) is 10.5. The number of nitrogens with zero attached hydrogens (tertiary/aromatic N) is 2. The van der Waals surface area contributed by atoms with Gasteiger partial charge in [-0.15, -0.1) is 11.3 Å². The van der Waals surface area contributed by atoms with E-state index in [1.54, 1.807) is 11.3 Å². The van der Waals surface area contributed by atoms with Gasteiger partial charge >= 0.3 is 0 Å². The summed E-state index contributed by atoms with van der Waals surface area (Å²) in [5.74, 6) is 0. The average Bonchev–Trinajstić information content (AvgIpc) is 2.79. The summed E-state index contributed by atoms with van der Waals surface area (Å²) in [6.07, 6.45) is 1.07. The van der Waals surface area contributed by atoms with E-state index in [1.165, 1.54) is 4.88 Å². The van der Waals surface area contributed by atoms with Crippen LogP contribution in [0, 0.1) is 11.3 Å². The van der Waals surface area contributed by atoms with Gasteiger partial charge in [-0.25, -0.2) is 0 Å². The maximum atomic E-state index is 8.99. The Kier molecular flexibility index (Phi) is 3.73. The number of nitrogens with one attached hydrogen (secondary N) is 1. The molecule has 1 aliphatic rings. The van der Waals surface area contributed by atoms with Gasteiger partial charge in [0.25, 0.3) is 0 Å². The first-order valence-corrected chi connectivity index (χ1v) is 6.15. The SMILES string of the molecule is N#CC1CNCCN1CCc1cccs1. The molecule has 1 aliphatic heterocycles. The van der Waals surface area contributed by atoms with Crippen LogP contribution in [0.5, 0.6) is 0 Å². The van der Waals surface area contributed by atoms with Crippen molar-refractivity contribution in [2.45, 2.75) is 12.5 Å². The van der Waals surface area contributed by atoms with Gasteiger partial charge < -0.3 is 5.32 Å². The Morgan fingerprint density at radius 1 is 1.67 bits per heavy atom. The van der Waals surface area contributed by atoms with Gasteiger partial charge in [0.2, 0.25) is 0 Å². The van der Waals surface area contributed by atoms with E-state index in [9.17, 15) is 0 Å². The molecule has 1 aromatic heterocycles. The van der Waals surface area contributed by atoms with Crippen molar-refractivity contribution in [3.05, 3.63) is 22.4 Å². The van der Waals surface area contributed by atoms with E-state index >= 15 is 0 Å². The lowest BCUT2D eigenvalue weighted by Gasteiger charge is -2.31. The van der Waals surface area contributed by atoms with Gasteiger partial charge in [0.1, 0.15) is 6.04 Å². The van der Waals surface area contributed by atoms with Gasteiger partial charge in [0.05, 0.1) is 6.07 Å². The average molecular weight is 221 g/mol. The first-order chi connectivity index (χ1) is 7.40. The summed E-state index contributed by atoms with van der Waals surface area (Å²) >= 11 is 1.80. The minimum absolute atomic E-state index is 0.0544. The number of hydrogen-bond acceptors (Lipinski definition) is 4. The maximum Gasteiger partial charge on any atom is 0.110 e. The smallest absolute Gasteiger partial charge is 0.110 e. The summed E-state index contributed by atoms with van der Waals surface area (Å²) in [5, 5.41) is 14.3. The molecule has 0 aliphatic carbocycles. The molecule has 2 heterocycles. The van der Waals surface area contributed by atoms with Gasteiger partial charge in [-0.1, -0.05) is 6.07 Å². The molecule has 1 aromatic rings. The molecule has 0 amide bonds. The Hall–Kier alpha value is -0.890. The zero-order valence-corrected chi connectivity index (χ0v) is 9.46. The minimum Gasteiger partial charge on any atom is -0.313 e. The van der Waals surface area contributed by atoms with Crippen LogP contribution in [0.3, 0.4) is 0 Å². The molecule has 0 bridgehead atoms. The Morgan fingerprint density at radius 3 is 3.33 bits per heavy atom. The van der Waals surface area contributed by atoms with Gasteiger partial charge in [0.15, 0.2) is 0 Å². The van der Waals surface area contributed by atoms with E-state index in [2.05, 4.69) is 33.8 Å². The summed E-state index contributed by atoms with van der Waals surface area (Å²) in [6, 6.07) is 6.65. The van der Waals surface area contributed by atoms with Crippen LogP contribution < -0.4 is 5.32 Å². The van der Waals surface area contributed by atoms with Crippen LogP contribution in [-0.4, -0.2) is 37.1 Å². The van der Waals surface area contributed by atoms with Crippen LogP contribution in [-0.2, 0) is 6.42 Å². The molecular formula is C11H15N3S. The highest BCUT2D eigenvalue weighted by Crippen LogP contribution is 2.11. The van der Waals surface area contributed by atoms with E-state index in [-0.39, 0.29) is 6.04 Å². The molecule has 3 nitrogen and oxygen atoms in total. The molecule has 1 N–H and O–H groups in total. The summed E-state index contributed by atoms with van der Waals surface area (Å²) in [5.41, 5.74) is 0. The monoisotopic (exact) mass is 221 g/mol. The van der Waals surface area contributed by atoms with Crippen LogP contribution in [0.15, 0.2) is 17.5 Å². The third-order valence-electron chi connectivity index (χ3n) is 2.73. The Labute approximate surface area is 94.3 Å². The van der Waals surface area contributed by atoms with Crippen LogP contribution in [0.2, 0.25) is 0 Å². The van der Waals surface area contributed by atoms with Crippen molar-refractivity contribution in [2.75, 3.05) is 26.2 Å². The fourth-order valence-corrected chi connectivity index (χ4v) is 2.55. The van der Waals surface area contributed by atoms with Crippen molar-refractivity contribution in [3.63, 3.8) is 0 Å². The Morgan fingerprint density at radius 2 is 2.60 bits per heavy atom. The largest absolute Gasteiger partial charge is 0.313 e. The van der Waals surface area contributed by atoms with Crippen LogP contribution in [0.1, 0.15) is 4.88 Å². The number of hydrogen-bond donors (Lipinski definition) is 1. The van der Waals surface area contributed by atoms with E-state index in [0.29, 0.717) is 0 Å². The lowest BCUT2D eigenvalue weighted by molar-refractivity contribution is 0.200. The van der Waals surface area contributed by atoms with Crippen molar-refractivity contribution in [1.82, 2.24) is 10.2 Å². The molecule has 1 atom stereocenters. The highest BCUT2D eigenvalue weighted by atomic mass is 32.1. The number of thiophene rings is 1. The van der Waals surface area contributed by atoms with Crippen LogP contribution >= 0.6 is 11.3 Å². The molecule has 15 heavy (non-hydrogen) atoms. The zero-order valence-electron chi connectivity index (χ0n) is 8.65. The van der Waals surface area contributed by atoms with Crippen molar-refractivity contribution in [1.29, 1.82) is 5.26 Å². The molecule has 0 saturated carbocycles. The summed E-state index contributed by atoms with van der Waals surface area (Å²) in [7, 11) is 0. The van der Waals surface area contributed by atoms with Crippen molar-refractivity contribution in [2.24, 2.45) is 0 Å². The van der Waals surface area contributed by atoms with Crippen LogP contribution in [0.25, 0.3) is 0 Å². The molecule has 80 valence electrons. The molecule has 4 heteroatoms. The third kappa shape index (κ3) is 2.78. The maximum absolute atomic E-state index is 8.99. The second kappa shape index (κ2) is 5.26. The molecule has 0 aromatic carbocycles. The van der Waals surface area contributed by atoms with E-state index < -0.39 is 0 Å². The van der Waals surface area contributed by atoms with Gasteiger partial charge in [0, 0.05) is 31.1 Å². The normalized spacial score (nSPS) is 22.5. The van der Waals surface area contributed by atoms with E-state index in [4.69, 9.17) is 5.26 Å². The van der Waals surface area contributed by atoms with E-state index in [0.717, 1.165) is 32.6 Å². The number of piperazine rings is 1. The summed E-state index contributed by atoms with van der Waals surface area (Å²) in [6.45, 7) is 3.80. The van der Waals surface area contributed by atoms with Crippen molar-refractivity contribution in [3.8, 4) is 6.07 Å². The van der Waals surface area contributed by atoms with Crippen molar-refractivity contribution >= 4 is 11.3 Å². The molecule has 1 saturated heterocycles. The quantitative estimate of drug-likeness (QED) is 0.830. The Balaban J connectivity index is 1.85. The summed E-state index contributed by atoms with van der Waals surface area (Å²) in [4.78, 5) is 3.68. The highest BCUT2D eigenvalue weighted by Gasteiger charge is 2.20. The number of rotatable bonds is 3. The first-order valence-electron chi connectivity index (χ1n) is 5.27. The number of nitriles is 1. The predicted molar refractivity (Wildman–Crippen MR) is 61.9 cm³/mol. The molecule has 1 unspecified atom stereocenters. The van der Waals surface area contributed by atoms with Gasteiger partial charge in [-0.3, -0.25) is 4.90 Å². The lowest BCUT2D eigenvalue weighted by Crippen LogP contribution is -2.51. The first kappa shape index (κ1) is 10.6. The topological polar surface area (TPSA) is 39.1 Å². The second-order valence-corrected chi connectivity index (χ2v) is 4.75. The van der Waals surface area contributed by atoms with Gasteiger partial charge in [-0.05, 0) is 17.9 Å². The second-order valence-electron chi connectivity index (χ2n) is 3.71. The molecule has 0 spiro atoms. The van der Waals surface area contributed by atoms with Gasteiger partial charge in [-0.2, -0.15) is 5.26 Å². The van der Waals surface area contributed by atoms with E-state index in [1.807, 2.05) is 0 Å². The molecule has 1 fully saturated rings. The molecular weight excluding hydrogens is 206 g/mol.